The lowest BCUT2D eigenvalue weighted by Crippen LogP contribution is -2.31. The van der Waals surface area contributed by atoms with Gasteiger partial charge in [0.1, 0.15) is 0 Å². The number of hydrogen-bond donors (Lipinski definition) is 1. The van der Waals surface area contributed by atoms with Crippen molar-refractivity contribution in [3.8, 4) is 0 Å². The largest absolute Gasteiger partial charge is 0.327 e. The zero-order valence-corrected chi connectivity index (χ0v) is 11.8. The second-order valence-corrected chi connectivity index (χ2v) is 6.64. The van der Waals surface area contributed by atoms with E-state index >= 15 is 0 Å². The minimum Gasteiger partial charge on any atom is -0.327 e. The van der Waals surface area contributed by atoms with Crippen LogP contribution >= 0.6 is 27.7 Å². The topological polar surface area (TPSA) is 26.0 Å². The van der Waals surface area contributed by atoms with Gasteiger partial charge in [0.15, 0.2) is 0 Å². The van der Waals surface area contributed by atoms with Gasteiger partial charge in [0, 0.05) is 20.7 Å². The van der Waals surface area contributed by atoms with Crippen molar-refractivity contribution in [2.75, 3.05) is 0 Å². The standard InChI is InChI=1S/C13H18BrNS/c14-10-5-4-6-11(9-10)16-13-8-3-1-2-7-12(13)15/h4-6,9,12-13H,1-3,7-8,15H2. The summed E-state index contributed by atoms with van der Waals surface area (Å²) < 4.78 is 1.15. The maximum Gasteiger partial charge on any atom is 0.0246 e. The summed E-state index contributed by atoms with van der Waals surface area (Å²) in [7, 11) is 0. The van der Waals surface area contributed by atoms with Crippen LogP contribution in [0.3, 0.4) is 0 Å². The Morgan fingerprint density at radius 3 is 2.81 bits per heavy atom. The predicted molar refractivity (Wildman–Crippen MR) is 74.8 cm³/mol. The van der Waals surface area contributed by atoms with Gasteiger partial charge in [0.25, 0.3) is 0 Å². The highest BCUT2D eigenvalue weighted by atomic mass is 79.9. The molecule has 1 aliphatic rings. The lowest BCUT2D eigenvalue weighted by Gasteiger charge is -2.20. The average Bonchev–Trinajstić information content (AvgIpc) is 2.45. The van der Waals surface area contributed by atoms with E-state index in [4.69, 9.17) is 5.73 Å². The highest BCUT2D eigenvalue weighted by molar-refractivity contribution is 9.10. The van der Waals surface area contributed by atoms with Crippen LogP contribution in [-0.4, -0.2) is 11.3 Å². The van der Waals surface area contributed by atoms with Crippen molar-refractivity contribution in [2.24, 2.45) is 5.73 Å². The van der Waals surface area contributed by atoms with Crippen molar-refractivity contribution < 1.29 is 0 Å². The number of thioether (sulfide) groups is 1. The third-order valence-electron chi connectivity index (χ3n) is 3.09. The van der Waals surface area contributed by atoms with Crippen molar-refractivity contribution in [1.82, 2.24) is 0 Å². The van der Waals surface area contributed by atoms with E-state index in [1.165, 1.54) is 37.0 Å². The van der Waals surface area contributed by atoms with Gasteiger partial charge in [-0.2, -0.15) is 0 Å². The molecule has 2 unspecified atom stereocenters. The Hall–Kier alpha value is 0.01000. The summed E-state index contributed by atoms with van der Waals surface area (Å²) in [5.74, 6) is 0. The Bertz CT molecular complexity index is 342. The number of benzene rings is 1. The second-order valence-electron chi connectivity index (χ2n) is 4.42. The third-order valence-corrected chi connectivity index (χ3v) is 4.99. The Labute approximate surface area is 110 Å². The fraction of sp³-hybridized carbons (Fsp3) is 0.538. The van der Waals surface area contributed by atoms with Crippen LogP contribution in [0.1, 0.15) is 32.1 Å². The first-order valence-electron chi connectivity index (χ1n) is 5.93. The summed E-state index contributed by atoms with van der Waals surface area (Å²) in [6.45, 7) is 0. The quantitative estimate of drug-likeness (QED) is 0.828. The summed E-state index contributed by atoms with van der Waals surface area (Å²) in [4.78, 5) is 1.33. The summed E-state index contributed by atoms with van der Waals surface area (Å²) in [5.41, 5.74) is 6.23. The third kappa shape index (κ3) is 3.51. The number of hydrogen-bond acceptors (Lipinski definition) is 2. The number of halogens is 1. The maximum atomic E-state index is 6.23. The van der Waals surface area contributed by atoms with Crippen molar-refractivity contribution in [2.45, 2.75) is 48.3 Å². The molecule has 1 nitrogen and oxygen atoms in total. The molecule has 0 heterocycles. The molecule has 2 atom stereocenters. The molecule has 0 bridgehead atoms. The van der Waals surface area contributed by atoms with Crippen LogP contribution in [0.5, 0.6) is 0 Å². The fourth-order valence-corrected chi connectivity index (χ4v) is 4.01. The Balaban J connectivity index is 2.02. The zero-order valence-electron chi connectivity index (χ0n) is 9.36. The lowest BCUT2D eigenvalue weighted by atomic mass is 10.1. The zero-order chi connectivity index (χ0) is 11.4. The molecule has 1 saturated carbocycles. The molecule has 2 rings (SSSR count). The van der Waals surface area contributed by atoms with Crippen molar-refractivity contribution in [3.63, 3.8) is 0 Å². The molecule has 0 spiro atoms. The second kappa shape index (κ2) is 6.08. The van der Waals surface area contributed by atoms with Gasteiger partial charge in [-0.1, -0.05) is 41.3 Å². The lowest BCUT2D eigenvalue weighted by molar-refractivity contribution is 0.596. The van der Waals surface area contributed by atoms with E-state index in [0.29, 0.717) is 11.3 Å². The van der Waals surface area contributed by atoms with E-state index < -0.39 is 0 Å². The maximum absolute atomic E-state index is 6.23. The van der Waals surface area contributed by atoms with Gasteiger partial charge >= 0.3 is 0 Å². The van der Waals surface area contributed by atoms with E-state index in [1.54, 1.807) is 0 Å². The van der Waals surface area contributed by atoms with Gasteiger partial charge in [-0.25, -0.2) is 0 Å². The molecule has 0 radical (unpaired) electrons. The van der Waals surface area contributed by atoms with Crippen LogP contribution in [0.15, 0.2) is 33.6 Å². The predicted octanol–water partition coefficient (Wildman–Crippen LogP) is 4.20. The number of nitrogens with two attached hydrogens (primary N) is 1. The van der Waals surface area contributed by atoms with Crippen molar-refractivity contribution in [3.05, 3.63) is 28.7 Å². The van der Waals surface area contributed by atoms with E-state index in [1.807, 2.05) is 11.8 Å². The summed E-state index contributed by atoms with van der Waals surface area (Å²) >= 11 is 5.46. The monoisotopic (exact) mass is 299 g/mol. The molecule has 1 aromatic rings. The summed E-state index contributed by atoms with van der Waals surface area (Å²) in [6, 6.07) is 8.88. The van der Waals surface area contributed by atoms with Gasteiger partial charge in [-0.15, -0.1) is 11.8 Å². The van der Waals surface area contributed by atoms with E-state index in [0.717, 1.165) is 4.47 Å². The molecule has 0 saturated heterocycles. The molecule has 2 N–H and O–H groups in total. The van der Waals surface area contributed by atoms with Crippen LogP contribution < -0.4 is 5.73 Å². The molecule has 88 valence electrons. The number of rotatable bonds is 2. The average molecular weight is 300 g/mol. The molecule has 16 heavy (non-hydrogen) atoms. The van der Waals surface area contributed by atoms with Crippen LogP contribution in [-0.2, 0) is 0 Å². The first kappa shape index (κ1) is 12.5. The van der Waals surface area contributed by atoms with Crippen LogP contribution in [0, 0.1) is 0 Å². The molecule has 1 fully saturated rings. The van der Waals surface area contributed by atoms with Gasteiger partial charge in [0.05, 0.1) is 0 Å². The first-order chi connectivity index (χ1) is 7.75. The Morgan fingerprint density at radius 1 is 1.19 bits per heavy atom. The highest BCUT2D eigenvalue weighted by Gasteiger charge is 2.21. The fourth-order valence-electron chi connectivity index (χ4n) is 2.16. The van der Waals surface area contributed by atoms with Gasteiger partial charge in [-0.05, 0) is 31.0 Å². The molecular formula is C13H18BrNS. The molecule has 0 aromatic heterocycles. The summed E-state index contributed by atoms with van der Waals surface area (Å²) in [5, 5.41) is 0.594. The molecular weight excluding hydrogens is 282 g/mol. The van der Waals surface area contributed by atoms with Crippen molar-refractivity contribution in [1.29, 1.82) is 0 Å². The Kier molecular flexibility index (Phi) is 4.74. The molecule has 3 heteroatoms. The van der Waals surface area contributed by atoms with E-state index in [2.05, 4.69) is 40.2 Å². The van der Waals surface area contributed by atoms with Crippen LogP contribution in [0.25, 0.3) is 0 Å². The van der Waals surface area contributed by atoms with Gasteiger partial charge in [0.2, 0.25) is 0 Å². The summed E-state index contributed by atoms with van der Waals surface area (Å²) in [6.07, 6.45) is 6.43. The normalized spacial score (nSPS) is 26.4. The van der Waals surface area contributed by atoms with Crippen LogP contribution in [0.4, 0.5) is 0 Å². The Morgan fingerprint density at radius 2 is 2.00 bits per heavy atom. The first-order valence-corrected chi connectivity index (χ1v) is 7.61. The molecule has 0 aliphatic heterocycles. The van der Waals surface area contributed by atoms with Gasteiger partial charge in [-0.3, -0.25) is 0 Å². The highest BCUT2D eigenvalue weighted by Crippen LogP contribution is 2.33. The molecule has 1 aliphatic carbocycles. The smallest absolute Gasteiger partial charge is 0.0246 e. The SMILES string of the molecule is NC1CCCCCC1Sc1cccc(Br)c1. The molecule has 1 aromatic carbocycles. The van der Waals surface area contributed by atoms with Gasteiger partial charge < -0.3 is 5.73 Å². The van der Waals surface area contributed by atoms with E-state index in [-0.39, 0.29) is 0 Å². The van der Waals surface area contributed by atoms with E-state index in [9.17, 15) is 0 Å². The van der Waals surface area contributed by atoms with Crippen molar-refractivity contribution >= 4 is 27.7 Å². The molecule has 0 amide bonds. The van der Waals surface area contributed by atoms with Crippen LogP contribution in [0.2, 0.25) is 0 Å². The minimum atomic E-state index is 0.367. The minimum absolute atomic E-state index is 0.367.